The van der Waals surface area contributed by atoms with Crippen LogP contribution in [0.25, 0.3) is 28.2 Å². The molecule has 0 spiro atoms. The first-order valence-corrected chi connectivity index (χ1v) is 9.84. The minimum Gasteiger partial charge on any atom is -0.380 e. The van der Waals surface area contributed by atoms with Crippen molar-refractivity contribution in [1.29, 1.82) is 0 Å². The minimum atomic E-state index is -0.00280. The molecule has 1 atom stereocenters. The van der Waals surface area contributed by atoms with E-state index in [1.54, 1.807) is 19.5 Å². The molecule has 1 aliphatic rings. The first-order valence-electron chi connectivity index (χ1n) is 9.84. The lowest BCUT2D eigenvalue weighted by Crippen LogP contribution is -2.42. The van der Waals surface area contributed by atoms with Gasteiger partial charge in [-0.05, 0) is 37.1 Å². The molecule has 9 heteroatoms. The summed E-state index contributed by atoms with van der Waals surface area (Å²) in [6.45, 7) is 1.37. The van der Waals surface area contributed by atoms with Crippen molar-refractivity contribution in [3.8, 4) is 17.2 Å². The maximum Gasteiger partial charge on any atom is 0.255 e. The van der Waals surface area contributed by atoms with Crippen LogP contribution in [-0.2, 0) is 4.74 Å². The van der Waals surface area contributed by atoms with Crippen LogP contribution in [-0.4, -0.2) is 66.8 Å². The molecule has 5 rings (SSSR count). The molecule has 4 aromatic heterocycles. The van der Waals surface area contributed by atoms with Crippen molar-refractivity contribution in [2.24, 2.45) is 0 Å². The van der Waals surface area contributed by atoms with Crippen LogP contribution >= 0.6 is 0 Å². The quantitative estimate of drug-likeness (QED) is 0.562. The van der Waals surface area contributed by atoms with E-state index in [1.165, 1.54) is 6.33 Å². The van der Waals surface area contributed by atoms with Gasteiger partial charge in [0.2, 0.25) is 0 Å². The summed E-state index contributed by atoms with van der Waals surface area (Å²) < 4.78 is 7.38. The predicted octanol–water partition coefficient (Wildman–Crippen LogP) is 2.46. The molecule has 5 heterocycles. The Morgan fingerprint density at radius 2 is 2.13 bits per heavy atom. The molecule has 30 heavy (non-hydrogen) atoms. The van der Waals surface area contributed by atoms with Crippen molar-refractivity contribution < 1.29 is 9.53 Å². The van der Waals surface area contributed by atoms with Crippen LogP contribution in [0.5, 0.6) is 0 Å². The molecule has 1 aliphatic heterocycles. The van der Waals surface area contributed by atoms with Crippen molar-refractivity contribution in [2.75, 3.05) is 20.2 Å². The van der Waals surface area contributed by atoms with Crippen LogP contribution in [0, 0.1) is 0 Å². The second-order valence-electron chi connectivity index (χ2n) is 7.31. The molecule has 4 aromatic rings. The van der Waals surface area contributed by atoms with Gasteiger partial charge in [-0.15, -0.1) is 0 Å². The number of rotatable bonds is 4. The predicted molar refractivity (Wildman–Crippen MR) is 110 cm³/mol. The number of hydrogen-bond acceptors (Lipinski definition) is 6. The van der Waals surface area contributed by atoms with Gasteiger partial charge < -0.3 is 9.64 Å². The topological polar surface area (TPSA) is 102 Å². The molecular weight excluding hydrogens is 382 g/mol. The number of ether oxygens (including phenoxy) is 1. The third-order valence-corrected chi connectivity index (χ3v) is 5.46. The Morgan fingerprint density at radius 3 is 2.90 bits per heavy atom. The van der Waals surface area contributed by atoms with Gasteiger partial charge in [0.1, 0.15) is 17.7 Å². The highest BCUT2D eigenvalue weighted by Gasteiger charge is 2.24. The number of fused-ring (bicyclic) bond motifs is 1. The second-order valence-corrected chi connectivity index (χ2v) is 7.31. The van der Waals surface area contributed by atoms with Crippen LogP contribution in [0.2, 0.25) is 0 Å². The van der Waals surface area contributed by atoms with E-state index < -0.39 is 0 Å². The Morgan fingerprint density at radius 1 is 1.20 bits per heavy atom. The van der Waals surface area contributed by atoms with Gasteiger partial charge in [-0.2, -0.15) is 5.10 Å². The van der Waals surface area contributed by atoms with E-state index >= 15 is 0 Å². The van der Waals surface area contributed by atoms with Gasteiger partial charge in [-0.25, -0.2) is 9.97 Å². The Labute approximate surface area is 172 Å². The number of hydrogen-bond donors (Lipinski definition) is 1. The van der Waals surface area contributed by atoms with Crippen LogP contribution in [0.15, 0.2) is 49.2 Å². The van der Waals surface area contributed by atoms with Gasteiger partial charge in [-0.1, -0.05) is 0 Å². The lowest BCUT2D eigenvalue weighted by atomic mass is 10.1. The molecular formula is C21H21N7O2. The molecule has 0 radical (unpaired) electrons. The third kappa shape index (κ3) is 3.33. The number of likely N-dealkylation sites (tertiary alicyclic amines) is 1. The smallest absolute Gasteiger partial charge is 0.255 e. The number of aromatic nitrogens is 6. The highest BCUT2D eigenvalue weighted by molar-refractivity contribution is 5.97. The number of carbonyl (C=O) groups excluding carboxylic acids is 1. The summed E-state index contributed by atoms with van der Waals surface area (Å²) in [5, 5.41) is 7.55. The Kier molecular flexibility index (Phi) is 4.72. The number of H-pyrrole nitrogens is 1. The summed E-state index contributed by atoms with van der Waals surface area (Å²) in [5.41, 5.74) is 2.95. The summed E-state index contributed by atoms with van der Waals surface area (Å²) in [7, 11) is 1.70. The summed E-state index contributed by atoms with van der Waals surface area (Å²) in [4.78, 5) is 27.9. The number of pyridine rings is 2. The number of aromatic amines is 1. The molecule has 152 valence electrons. The van der Waals surface area contributed by atoms with E-state index in [4.69, 9.17) is 4.74 Å². The van der Waals surface area contributed by atoms with Crippen molar-refractivity contribution in [3.63, 3.8) is 0 Å². The van der Waals surface area contributed by atoms with Crippen LogP contribution in [0.3, 0.4) is 0 Å². The van der Waals surface area contributed by atoms with Gasteiger partial charge in [0.15, 0.2) is 5.82 Å². The first-order chi connectivity index (χ1) is 14.7. The number of nitrogens with zero attached hydrogens (tertiary/aromatic N) is 6. The SMILES string of the molecule is CO[C@H]1CCCN(C(=O)c2cnc3c(ccn3-c3ccc(-c4ncn[nH]4)nc3)c2)C1. The van der Waals surface area contributed by atoms with E-state index in [0.717, 1.165) is 36.1 Å². The van der Waals surface area contributed by atoms with Gasteiger partial charge in [0.25, 0.3) is 5.91 Å². The first kappa shape index (κ1) is 18.4. The van der Waals surface area contributed by atoms with E-state index in [2.05, 4.69) is 25.1 Å². The summed E-state index contributed by atoms with van der Waals surface area (Å²) >= 11 is 0. The number of methoxy groups -OCH3 is 1. The van der Waals surface area contributed by atoms with Crippen molar-refractivity contribution in [2.45, 2.75) is 18.9 Å². The normalized spacial score (nSPS) is 16.8. The lowest BCUT2D eigenvalue weighted by molar-refractivity contribution is 0.0269. The lowest BCUT2D eigenvalue weighted by Gasteiger charge is -2.31. The number of carbonyl (C=O) groups is 1. The summed E-state index contributed by atoms with van der Waals surface area (Å²) in [5.74, 6) is 0.616. The molecule has 1 fully saturated rings. The van der Waals surface area contributed by atoms with Crippen molar-refractivity contribution in [1.82, 2.24) is 34.6 Å². The number of amides is 1. The molecule has 0 aliphatic carbocycles. The van der Waals surface area contributed by atoms with Gasteiger partial charge in [-0.3, -0.25) is 19.4 Å². The Hall–Kier alpha value is -3.59. The summed E-state index contributed by atoms with van der Waals surface area (Å²) in [6.07, 6.45) is 8.83. The highest BCUT2D eigenvalue weighted by Crippen LogP contribution is 2.22. The molecule has 1 saturated heterocycles. The Balaban J connectivity index is 1.41. The highest BCUT2D eigenvalue weighted by atomic mass is 16.5. The third-order valence-electron chi connectivity index (χ3n) is 5.46. The fraction of sp³-hybridized carbons (Fsp3) is 0.286. The maximum atomic E-state index is 12.9. The van der Waals surface area contributed by atoms with E-state index in [9.17, 15) is 4.79 Å². The molecule has 1 N–H and O–H groups in total. The monoisotopic (exact) mass is 403 g/mol. The van der Waals surface area contributed by atoms with Crippen LogP contribution in [0.1, 0.15) is 23.2 Å². The average molecular weight is 403 g/mol. The Bertz CT molecular complexity index is 1170. The molecule has 9 nitrogen and oxygen atoms in total. The number of nitrogens with one attached hydrogen (secondary N) is 1. The second kappa shape index (κ2) is 7.68. The van der Waals surface area contributed by atoms with Crippen LogP contribution < -0.4 is 0 Å². The molecule has 0 aromatic carbocycles. The van der Waals surface area contributed by atoms with E-state index in [0.29, 0.717) is 23.6 Å². The molecule has 0 saturated carbocycles. The zero-order valence-corrected chi connectivity index (χ0v) is 16.5. The van der Waals surface area contributed by atoms with Crippen LogP contribution in [0.4, 0.5) is 0 Å². The minimum absolute atomic E-state index is 0.00280. The fourth-order valence-corrected chi connectivity index (χ4v) is 3.84. The molecule has 1 amide bonds. The van der Waals surface area contributed by atoms with E-state index in [1.807, 2.05) is 39.9 Å². The molecule has 0 bridgehead atoms. The van der Waals surface area contributed by atoms with Gasteiger partial charge in [0.05, 0.1) is 23.6 Å². The fourth-order valence-electron chi connectivity index (χ4n) is 3.84. The zero-order valence-electron chi connectivity index (χ0n) is 16.5. The molecule has 0 unspecified atom stereocenters. The zero-order chi connectivity index (χ0) is 20.5. The maximum absolute atomic E-state index is 12.9. The number of piperidine rings is 1. The largest absolute Gasteiger partial charge is 0.380 e. The van der Waals surface area contributed by atoms with Crippen molar-refractivity contribution in [3.05, 3.63) is 54.7 Å². The van der Waals surface area contributed by atoms with Gasteiger partial charge >= 0.3 is 0 Å². The standard InChI is InChI=1S/C21H21N7O2/c1-30-17-3-2-7-27(12-17)21(29)15-9-14-6-8-28(20(14)23-10-15)16-4-5-18(22-11-16)19-24-13-25-26-19/h4-6,8-11,13,17H,2-3,7,12H2,1H3,(H,24,25,26)/t17-/m0/s1. The van der Waals surface area contributed by atoms with Crippen molar-refractivity contribution >= 4 is 16.9 Å². The average Bonchev–Trinajstić information content (AvgIpc) is 3.48. The van der Waals surface area contributed by atoms with Gasteiger partial charge in [0, 0.05) is 38.0 Å². The summed E-state index contributed by atoms with van der Waals surface area (Å²) in [6, 6.07) is 7.68. The van der Waals surface area contributed by atoms with E-state index in [-0.39, 0.29) is 12.0 Å².